The molecule has 0 fully saturated rings. The minimum absolute atomic E-state index is 0.287. The number of hydrogen-bond donors (Lipinski definition) is 2. The molecular formula is C14H8ClF3N2O2. The Morgan fingerprint density at radius 3 is 2.05 bits per heavy atom. The molecule has 0 unspecified atom stereocenters. The molecule has 2 rings (SSSR count). The molecule has 0 atom stereocenters. The van der Waals surface area contributed by atoms with Gasteiger partial charge in [-0.05, 0) is 36.4 Å². The van der Waals surface area contributed by atoms with Crippen LogP contribution in [0.1, 0.15) is 0 Å². The number of carbonyl (C=O) groups is 2. The number of rotatable bonds is 2. The van der Waals surface area contributed by atoms with Crippen LogP contribution in [0.2, 0.25) is 5.02 Å². The molecule has 2 N–H and O–H groups in total. The Bertz CT molecular complexity index is 736. The van der Waals surface area contributed by atoms with Gasteiger partial charge in [-0.2, -0.15) is 0 Å². The summed E-state index contributed by atoms with van der Waals surface area (Å²) in [5.41, 5.74) is -0.356. The van der Waals surface area contributed by atoms with Crippen molar-refractivity contribution in [1.82, 2.24) is 0 Å². The molecule has 0 spiro atoms. The molecule has 114 valence electrons. The van der Waals surface area contributed by atoms with Crippen molar-refractivity contribution >= 4 is 34.8 Å². The maximum Gasteiger partial charge on any atom is 0.314 e. The molecular weight excluding hydrogens is 321 g/mol. The molecule has 0 aliphatic carbocycles. The third-order valence-electron chi connectivity index (χ3n) is 2.59. The number of hydrogen-bond acceptors (Lipinski definition) is 2. The fourth-order valence-electron chi connectivity index (χ4n) is 1.52. The number of carbonyl (C=O) groups excluding carboxylic acids is 2. The van der Waals surface area contributed by atoms with Crippen molar-refractivity contribution in [2.24, 2.45) is 0 Å². The minimum atomic E-state index is -1.74. The Labute approximate surface area is 127 Å². The summed E-state index contributed by atoms with van der Waals surface area (Å²) in [5, 5.41) is 4.52. The van der Waals surface area contributed by atoms with Gasteiger partial charge in [0.05, 0.1) is 5.69 Å². The highest BCUT2D eigenvalue weighted by atomic mass is 35.5. The van der Waals surface area contributed by atoms with Crippen LogP contribution < -0.4 is 10.6 Å². The first-order valence-electron chi connectivity index (χ1n) is 5.90. The van der Waals surface area contributed by atoms with E-state index in [1.165, 1.54) is 24.3 Å². The average Bonchev–Trinajstić information content (AvgIpc) is 2.50. The maximum absolute atomic E-state index is 13.4. The van der Waals surface area contributed by atoms with Crippen molar-refractivity contribution in [1.29, 1.82) is 0 Å². The first-order valence-corrected chi connectivity index (χ1v) is 6.27. The van der Waals surface area contributed by atoms with E-state index >= 15 is 0 Å². The summed E-state index contributed by atoms with van der Waals surface area (Å²) < 4.78 is 39.2. The van der Waals surface area contributed by atoms with E-state index in [-0.39, 0.29) is 5.69 Å². The monoisotopic (exact) mass is 328 g/mol. The number of benzene rings is 2. The Kier molecular flexibility index (Phi) is 4.67. The van der Waals surface area contributed by atoms with E-state index in [1.807, 2.05) is 5.32 Å². The smallest absolute Gasteiger partial charge is 0.314 e. The Hall–Kier alpha value is -2.54. The standard InChI is InChI=1S/C14H8ClF3N2O2/c15-7-1-3-8(4-2-7)19-13(21)14(22)20-10-6-5-9(16)11(17)12(10)18/h1-6H,(H,19,21)(H,20,22). The van der Waals surface area contributed by atoms with Gasteiger partial charge in [0, 0.05) is 10.7 Å². The van der Waals surface area contributed by atoms with E-state index < -0.39 is 35.0 Å². The van der Waals surface area contributed by atoms with Gasteiger partial charge in [0.2, 0.25) is 0 Å². The lowest BCUT2D eigenvalue weighted by Crippen LogP contribution is -2.29. The van der Waals surface area contributed by atoms with Gasteiger partial charge in [-0.1, -0.05) is 11.6 Å². The first kappa shape index (κ1) is 15.8. The predicted molar refractivity (Wildman–Crippen MR) is 75.0 cm³/mol. The zero-order valence-electron chi connectivity index (χ0n) is 10.8. The van der Waals surface area contributed by atoms with Gasteiger partial charge in [-0.3, -0.25) is 9.59 Å². The van der Waals surface area contributed by atoms with Crippen LogP contribution in [0.15, 0.2) is 36.4 Å². The lowest BCUT2D eigenvalue weighted by molar-refractivity contribution is -0.133. The molecule has 22 heavy (non-hydrogen) atoms. The van der Waals surface area contributed by atoms with Crippen molar-refractivity contribution in [3.63, 3.8) is 0 Å². The van der Waals surface area contributed by atoms with Gasteiger partial charge in [0.1, 0.15) is 0 Å². The van der Waals surface area contributed by atoms with Gasteiger partial charge in [-0.25, -0.2) is 13.2 Å². The van der Waals surface area contributed by atoms with Crippen LogP contribution in [0.5, 0.6) is 0 Å². The molecule has 0 saturated heterocycles. The summed E-state index contributed by atoms with van der Waals surface area (Å²) in [6.07, 6.45) is 0. The highest BCUT2D eigenvalue weighted by Gasteiger charge is 2.19. The second kappa shape index (κ2) is 6.48. The summed E-state index contributed by atoms with van der Waals surface area (Å²) in [7, 11) is 0. The van der Waals surface area contributed by atoms with Gasteiger partial charge in [-0.15, -0.1) is 0 Å². The van der Waals surface area contributed by atoms with Crippen LogP contribution in [-0.2, 0) is 9.59 Å². The SMILES string of the molecule is O=C(Nc1ccc(Cl)cc1)C(=O)Nc1ccc(F)c(F)c1F. The van der Waals surface area contributed by atoms with Crippen molar-refractivity contribution in [2.45, 2.75) is 0 Å². The minimum Gasteiger partial charge on any atom is -0.318 e. The van der Waals surface area contributed by atoms with Crippen LogP contribution in [-0.4, -0.2) is 11.8 Å². The zero-order valence-corrected chi connectivity index (χ0v) is 11.5. The topological polar surface area (TPSA) is 58.2 Å². The molecule has 0 bridgehead atoms. The zero-order chi connectivity index (χ0) is 16.3. The molecule has 0 heterocycles. The molecule has 8 heteroatoms. The summed E-state index contributed by atoms with van der Waals surface area (Å²) in [4.78, 5) is 23.2. The van der Waals surface area contributed by atoms with E-state index in [2.05, 4.69) is 5.32 Å². The maximum atomic E-state index is 13.4. The van der Waals surface area contributed by atoms with Crippen LogP contribution >= 0.6 is 11.6 Å². The van der Waals surface area contributed by atoms with Crippen LogP contribution in [0.4, 0.5) is 24.5 Å². The fraction of sp³-hybridized carbons (Fsp3) is 0. The van der Waals surface area contributed by atoms with E-state index in [0.717, 1.165) is 6.07 Å². The first-order chi connectivity index (χ1) is 10.4. The van der Waals surface area contributed by atoms with Gasteiger partial charge >= 0.3 is 11.8 Å². The fourth-order valence-corrected chi connectivity index (χ4v) is 1.65. The van der Waals surface area contributed by atoms with Gasteiger partial charge in [0.25, 0.3) is 0 Å². The van der Waals surface area contributed by atoms with Crippen LogP contribution in [0.25, 0.3) is 0 Å². The molecule has 0 radical (unpaired) electrons. The van der Waals surface area contributed by atoms with Crippen molar-refractivity contribution in [3.8, 4) is 0 Å². The quantitative estimate of drug-likeness (QED) is 0.656. The van der Waals surface area contributed by atoms with E-state index in [9.17, 15) is 22.8 Å². The van der Waals surface area contributed by atoms with Crippen LogP contribution in [0.3, 0.4) is 0 Å². The summed E-state index contributed by atoms with van der Waals surface area (Å²) in [6, 6.07) is 7.32. The molecule has 0 aliphatic heterocycles. The van der Waals surface area contributed by atoms with Gasteiger partial charge in [0.15, 0.2) is 17.5 Å². The molecule has 0 saturated carbocycles. The predicted octanol–water partition coefficient (Wildman–Crippen LogP) is 3.33. The molecule has 0 aromatic heterocycles. The third-order valence-corrected chi connectivity index (χ3v) is 2.84. The summed E-state index contributed by atoms with van der Waals surface area (Å²) in [5.74, 6) is -7.07. The van der Waals surface area contributed by atoms with Gasteiger partial charge < -0.3 is 10.6 Å². The van der Waals surface area contributed by atoms with E-state index in [4.69, 9.17) is 11.6 Å². The summed E-state index contributed by atoms with van der Waals surface area (Å²) >= 11 is 5.66. The normalized spacial score (nSPS) is 10.2. The van der Waals surface area contributed by atoms with Crippen molar-refractivity contribution < 1.29 is 22.8 Å². The number of halogens is 4. The number of anilines is 2. The highest BCUT2D eigenvalue weighted by Crippen LogP contribution is 2.19. The van der Waals surface area contributed by atoms with Crippen molar-refractivity contribution in [3.05, 3.63) is 58.9 Å². The second-order valence-electron chi connectivity index (χ2n) is 4.14. The second-order valence-corrected chi connectivity index (χ2v) is 4.57. The number of nitrogens with one attached hydrogen (secondary N) is 2. The molecule has 0 aliphatic rings. The molecule has 2 aromatic rings. The Balaban J connectivity index is 2.07. The molecule has 2 aromatic carbocycles. The van der Waals surface area contributed by atoms with Crippen molar-refractivity contribution in [2.75, 3.05) is 10.6 Å². The lowest BCUT2D eigenvalue weighted by Gasteiger charge is -2.08. The lowest BCUT2D eigenvalue weighted by atomic mass is 10.2. The highest BCUT2D eigenvalue weighted by molar-refractivity contribution is 6.43. The van der Waals surface area contributed by atoms with E-state index in [1.54, 1.807) is 0 Å². The largest absolute Gasteiger partial charge is 0.318 e. The molecule has 4 nitrogen and oxygen atoms in total. The average molecular weight is 329 g/mol. The third kappa shape index (κ3) is 3.56. The summed E-state index contributed by atoms with van der Waals surface area (Å²) in [6.45, 7) is 0. The van der Waals surface area contributed by atoms with E-state index in [0.29, 0.717) is 11.1 Å². The molecule has 2 amide bonds. The Morgan fingerprint density at radius 1 is 0.818 bits per heavy atom. The number of amides is 2. The van der Waals surface area contributed by atoms with Crippen LogP contribution in [0, 0.1) is 17.5 Å². The Morgan fingerprint density at radius 2 is 1.41 bits per heavy atom.